The van der Waals surface area contributed by atoms with Gasteiger partial charge in [-0.25, -0.2) is 4.79 Å². The van der Waals surface area contributed by atoms with Crippen molar-refractivity contribution < 1.29 is 18.8 Å². The molecule has 2 aromatic rings. The van der Waals surface area contributed by atoms with E-state index in [1.165, 1.54) is 4.90 Å². The lowest BCUT2D eigenvalue weighted by Crippen LogP contribution is -2.45. The zero-order valence-corrected chi connectivity index (χ0v) is 15.1. The molecule has 2 fully saturated rings. The number of rotatable bonds is 5. The van der Waals surface area contributed by atoms with Crippen molar-refractivity contribution in [3.8, 4) is 11.4 Å². The van der Waals surface area contributed by atoms with Crippen LogP contribution in [0.3, 0.4) is 0 Å². The number of hydrogen-bond acceptors (Lipinski definition) is 7. The van der Waals surface area contributed by atoms with Crippen molar-refractivity contribution in [2.24, 2.45) is 5.92 Å². The van der Waals surface area contributed by atoms with Crippen molar-refractivity contribution >= 4 is 23.3 Å². The normalized spacial score (nSPS) is 20.5. The Hall–Kier alpha value is -2.42. The van der Waals surface area contributed by atoms with Crippen molar-refractivity contribution in [2.75, 3.05) is 32.8 Å². The number of thiophene rings is 1. The molecule has 4 heterocycles. The van der Waals surface area contributed by atoms with Gasteiger partial charge >= 0.3 is 6.09 Å². The van der Waals surface area contributed by atoms with Gasteiger partial charge < -0.3 is 14.2 Å². The molecule has 2 aliphatic heterocycles. The lowest BCUT2D eigenvalue weighted by molar-refractivity contribution is -0.133. The number of piperidine rings is 1. The number of carbonyl (C=O) groups is 2. The first-order valence-electron chi connectivity index (χ1n) is 8.73. The zero-order chi connectivity index (χ0) is 17.9. The molecule has 0 aromatic carbocycles. The van der Waals surface area contributed by atoms with Gasteiger partial charge in [-0.3, -0.25) is 9.69 Å². The zero-order valence-electron chi connectivity index (χ0n) is 14.3. The van der Waals surface area contributed by atoms with Crippen molar-refractivity contribution in [1.29, 1.82) is 0 Å². The second-order valence-corrected chi connectivity index (χ2v) is 7.39. The third-order valence-corrected chi connectivity index (χ3v) is 5.44. The number of hydrogen-bond donors (Lipinski definition) is 0. The average molecular weight is 376 g/mol. The summed E-state index contributed by atoms with van der Waals surface area (Å²) in [5.74, 6) is 1.47. The van der Waals surface area contributed by atoms with Gasteiger partial charge in [0.2, 0.25) is 17.6 Å². The molecule has 138 valence electrons. The van der Waals surface area contributed by atoms with E-state index < -0.39 is 6.09 Å². The van der Waals surface area contributed by atoms with Gasteiger partial charge in [0.15, 0.2) is 0 Å². The molecule has 0 N–H and O–H groups in total. The van der Waals surface area contributed by atoms with Gasteiger partial charge in [-0.15, -0.1) is 0 Å². The van der Waals surface area contributed by atoms with Gasteiger partial charge in [-0.2, -0.15) is 16.3 Å². The number of ether oxygens (including phenoxy) is 1. The molecule has 0 spiro atoms. The fourth-order valence-electron chi connectivity index (χ4n) is 3.38. The van der Waals surface area contributed by atoms with Crippen LogP contribution < -0.4 is 0 Å². The van der Waals surface area contributed by atoms with Gasteiger partial charge in [-0.1, -0.05) is 5.16 Å². The first-order chi connectivity index (χ1) is 12.7. The van der Waals surface area contributed by atoms with E-state index in [0.29, 0.717) is 37.8 Å². The fraction of sp³-hybridized carbons (Fsp3) is 0.529. The highest BCUT2D eigenvalue weighted by atomic mass is 32.1. The molecule has 2 aromatic heterocycles. The van der Waals surface area contributed by atoms with Crippen LogP contribution in [0.4, 0.5) is 4.79 Å². The van der Waals surface area contributed by atoms with Crippen LogP contribution in [0.2, 0.25) is 0 Å². The van der Waals surface area contributed by atoms with Crippen LogP contribution >= 0.6 is 11.3 Å². The van der Waals surface area contributed by atoms with E-state index in [0.717, 1.165) is 24.9 Å². The summed E-state index contributed by atoms with van der Waals surface area (Å²) in [7, 11) is 0. The molecule has 26 heavy (non-hydrogen) atoms. The summed E-state index contributed by atoms with van der Waals surface area (Å²) in [6.07, 6.45) is 2.21. The van der Waals surface area contributed by atoms with E-state index in [4.69, 9.17) is 9.26 Å². The standard InChI is InChI=1S/C17H20N4O4S/c22-15(10-21-5-6-24-17(21)23)20-4-1-2-12(9-20)8-14-18-16(19-25-14)13-3-7-26-11-13/h3,7,11-12H,1-2,4-6,8-10H2/t12-/m0/s1. The highest BCUT2D eigenvalue weighted by molar-refractivity contribution is 7.08. The molecule has 8 nitrogen and oxygen atoms in total. The predicted molar refractivity (Wildman–Crippen MR) is 93.5 cm³/mol. The second kappa shape index (κ2) is 7.45. The van der Waals surface area contributed by atoms with Crippen LogP contribution in [0.25, 0.3) is 11.4 Å². The molecule has 1 atom stereocenters. The highest BCUT2D eigenvalue weighted by Crippen LogP contribution is 2.23. The molecule has 0 radical (unpaired) electrons. The molecule has 0 bridgehead atoms. The van der Waals surface area contributed by atoms with Crippen molar-refractivity contribution in [3.05, 3.63) is 22.7 Å². The Morgan fingerprint density at radius 1 is 1.38 bits per heavy atom. The lowest BCUT2D eigenvalue weighted by Gasteiger charge is -2.33. The Morgan fingerprint density at radius 2 is 2.31 bits per heavy atom. The number of likely N-dealkylation sites (tertiary alicyclic amines) is 1. The van der Waals surface area contributed by atoms with E-state index in [-0.39, 0.29) is 18.4 Å². The Morgan fingerprint density at radius 3 is 3.08 bits per heavy atom. The average Bonchev–Trinajstić information content (AvgIpc) is 3.38. The maximum absolute atomic E-state index is 12.5. The Bertz CT molecular complexity index is 776. The van der Waals surface area contributed by atoms with Gasteiger partial charge in [-0.05, 0) is 30.2 Å². The Kier molecular flexibility index (Phi) is 4.87. The summed E-state index contributed by atoms with van der Waals surface area (Å²) in [5, 5.41) is 8.00. The Labute approximate surface area is 154 Å². The Balaban J connectivity index is 1.33. The smallest absolute Gasteiger partial charge is 0.410 e. The van der Waals surface area contributed by atoms with E-state index in [1.807, 2.05) is 21.7 Å². The third-order valence-electron chi connectivity index (χ3n) is 4.75. The minimum absolute atomic E-state index is 0.0296. The summed E-state index contributed by atoms with van der Waals surface area (Å²) in [6.45, 7) is 2.31. The molecule has 0 unspecified atom stereocenters. The van der Waals surface area contributed by atoms with E-state index in [9.17, 15) is 9.59 Å². The number of amides is 2. The summed E-state index contributed by atoms with van der Waals surface area (Å²) < 4.78 is 10.3. The first kappa shape index (κ1) is 17.0. The van der Waals surface area contributed by atoms with Gasteiger partial charge in [0.25, 0.3) is 0 Å². The summed E-state index contributed by atoms with van der Waals surface area (Å²) in [4.78, 5) is 31.7. The molecule has 0 saturated carbocycles. The van der Waals surface area contributed by atoms with Gasteiger partial charge in [0, 0.05) is 30.5 Å². The van der Waals surface area contributed by atoms with Crippen LogP contribution in [0.1, 0.15) is 18.7 Å². The lowest BCUT2D eigenvalue weighted by atomic mass is 9.94. The maximum atomic E-state index is 12.5. The number of cyclic esters (lactones) is 1. The molecule has 2 saturated heterocycles. The molecule has 2 aliphatic rings. The van der Waals surface area contributed by atoms with Crippen LogP contribution in [0.5, 0.6) is 0 Å². The fourth-order valence-corrected chi connectivity index (χ4v) is 4.02. The van der Waals surface area contributed by atoms with Crippen molar-refractivity contribution in [1.82, 2.24) is 19.9 Å². The molecule has 4 rings (SSSR count). The van der Waals surface area contributed by atoms with Crippen molar-refractivity contribution in [3.63, 3.8) is 0 Å². The van der Waals surface area contributed by atoms with E-state index >= 15 is 0 Å². The summed E-state index contributed by atoms with van der Waals surface area (Å²) in [6, 6.07) is 1.96. The largest absolute Gasteiger partial charge is 0.448 e. The molecular formula is C17H20N4O4S. The SMILES string of the molecule is O=C(CN1CCOC1=O)N1CCC[C@@H](Cc2nc(-c3ccsc3)no2)C1. The van der Waals surface area contributed by atoms with Crippen LogP contribution in [0.15, 0.2) is 21.3 Å². The van der Waals surface area contributed by atoms with Gasteiger partial charge in [0.05, 0.1) is 6.54 Å². The predicted octanol–water partition coefficient (Wildman–Crippen LogP) is 2.03. The highest BCUT2D eigenvalue weighted by Gasteiger charge is 2.29. The molecule has 2 amide bonds. The maximum Gasteiger partial charge on any atom is 0.410 e. The topological polar surface area (TPSA) is 88.8 Å². The summed E-state index contributed by atoms with van der Waals surface area (Å²) >= 11 is 1.59. The third kappa shape index (κ3) is 3.72. The minimum Gasteiger partial charge on any atom is -0.448 e. The van der Waals surface area contributed by atoms with Crippen LogP contribution in [-0.2, 0) is 16.0 Å². The van der Waals surface area contributed by atoms with E-state index in [1.54, 1.807) is 11.3 Å². The summed E-state index contributed by atoms with van der Waals surface area (Å²) in [5.41, 5.74) is 0.961. The number of nitrogens with zero attached hydrogens (tertiary/aromatic N) is 4. The first-order valence-corrected chi connectivity index (χ1v) is 9.68. The van der Waals surface area contributed by atoms with Gasteiger partial charge in [0.1, 0.15) is 13.2 Å². The van der Waals surface area contributed by atoms with E-state index in [2.05, 4.69) is 10.1 Å². The van der Waals surface area contributed by atoms with Crippen molar-refractivity contribution in [2.45, 2.75) is 19.3 Å². The minimum atomic E-state index is -0.404. The number of carbonyl (C=O) groups excluding carboxylic acids is 2. The molecular weight excluding hydrogens is 356 g/mol. The molecule has 9 heteroatoms. The quantitative estimate of drug-likeness (QED) is 0.793. The number of aromatic nitrogens is 2. The second-order valence-electron chi connectivity index (χ2n) is 6.61. The monoisotopic (exact) mass is 376 g/mol. The van der Waals surface area contributed by atoms with Crippen LogP contribution in [0, 0.1) is 5.92 Å². The molecule has 0 aliphatic carbocycles. The van der Waals surface area contributed by atoms with Crippen LogP contribution in [-0.4, -0.2) is 64.7 Å².